The van der Waals surface area contributed by atoms with Gasteiger partial charge in [0, 0.05) is 10.5 Å². The lowest BCUT2D eigenvalue weighted by Gasteiger charge is -2.20. The maximum atomic E-state index is 6.11. The van der Waals surface area contributed by atoms with E-state index in [-0.39, 0.29) is 0 Å². The highest BCUT2D eigenvalue weighted by Crippen LogP contribution is 2.34. The monoisotopic (exact) mass is 309 g/mol. The molecule has 0 bridgehead atoms. The Morgan fingerprint density at radius 3 is 2.00 bits per heavy atom. The van der Waals surface area contributed by atoms with E-state index in [0.717, 1.165) is 10.2 Å². The predicted molar refractivity (Wildman–Crippen MR) is 72.1 cm³/mol. The minimum Gasteiger partial charge on any atom is -0.380 e. The number of hydrogen-bond acceptors (Lipinski definition) is 1. The van der Waals surface area contributed by atoms with Crippen LogP contribution in [0.2, 0.25) is 10.0 Å². The lowest BCUT2D eigenvalue weighted by atomic mass is 10.1. The Hall–Kier alpha value is 0.0800. The lowest BCUT2D eigenvalue weighted by Crippen LogP contribution is -2.21. The molecule has 0 aliphatic heterocycles. The van der Waals surface area contributed by atoms with Gasteiger partial charge in [0.2, 0.25) is 0 Å². The van der Waals surface area contributed by atoms with E-state index in [9.17, 15) is 0 Å². The minimum atomic E-state index is 0.334. The second-order valence-corrected chi connectivity index (χ2v) is 5.65. The molecule has 0 spiro atoms. The highest BCUT2D eigenvalue weighted by atomic mass is 79.9. The van der Waals surface area contributed by atoms with E-state index in [4.69, 9.17) is 23.2 Å². The van der Waals surface area contributed by atoms with Crippen LogP contribution in [-0.2, 0) is 0 Å². The molecular formula is C11H14BrCl2N. The fourth-order valence-corrected chi connectivity index (χ4v) is 2.39. The predicted octanol–water partition coefficient (Wildman–Crippen LogP) is 5.21. The molecule has 84 valence electrons. The van der Waals surface area contributed by atoms with Gasteiger partial charge in [-0.1, -0.05) is 53.0 Å². The molecule has 0 aromatic heterocycles. The van der Waals surface area contributed by atoms with E-state index in [1.165, 1.54) is 0 Å². The summed E-state index contributed by atoms with van der Waals surface area (Å²) in [5, 5.41) is 4.60. The van der Waals surface area contributed by atoms with E-state index < -0.39 is 0 Å². The molecule has 1 nitrogen and oxygen atoms in total. The first-order valence-corrected chi connectivity index (χ1v) is 6.37. The van der Waals surface area contributed by atoms with Crippen molar-refractivity contribution in [3.8, 4) is 0 Å². The van der Waals surface area contributed by atoms with Gasteiger partial charge < -0.3 is 5.32 Å². The van der Waals surface area contributed by atoms with Crippen LogP contribution in [0.3, 0.4) is 0 Å². The van der Waals surface area contributed by atoms with Crippen LogP contribution in [0.1, 0.15) is 20.8 Å². The molecule has 1 rings (SSSR count). The summed E-state index contributed by atoms with van der Waals surface area (Å²) in [5.74, 6) is 0.529. The summed E-state index contributed by atoms with van der Waals surface area (Å²) < 4.78 is 0.889. The maximum Gasteiger partial charge on any atom is 0.0721 e. The smallest absolute Gasteiger partial charge is 0.0721 e. The van der Waals surface area contributed by atoms with E-state index in [1.54, 1.807) is 0 Å². The SMILES string of the molecule is CC(C)C(C)Nc1c(Cl)cc(Br)cc1Cl. The van der Waals surface area contributed by atoms with Crippen LogP contribution in [0.5, 0.6) is 0 Å². The molecule has 15 heavy (non-hydrogen) atoms. The molecule has 0 radical (unpaired) electrons. The van der Waals surface area contributed by atoms with Gasteiger partial charge in [0.25, 0.3) is 0 Å². The zero-order valence-corrected chi connectivity index (χ0v) is 12.0. The summed E-state index contributed by atoms with van der Waals surface area (Å²) in [6, 6.07) is 4.01. The van der Waals surface area contributed by atoms with Gasteiger partial charge in [-0.2, -0.15) is 0 Å². The first kappa shape index (κ1) is 13.1. The van der Waals surface area contributed by atoms with Crippen LogP contribution in [0, 0.1) is 5.92 Å². The minimum absolute atomic E-state index is 0.334. The first-order valence-electron chi connectivity index (χ1n) is 4.83. The van der Waals surface area contributed by atoms with Crippen LogP contribution in [0.15, 0.2) is 16.6 Å². The van der Waals surface area contributed by atoms with E-state index >= 15 is 0 Å². The Labute approximate surface area is 109 Å². The molecule has 0 saturated heterocycles. The Kier molecular flexibility index (Phi) is 4.75. The van der Waals surface area contributed by atoms with E-state index in [1.807, 2.05) is 12.1 Å². The average Bonchev–Trinajstić information content (AvgIpc) is 2.10. The number of nitrogens with one attached hydrogen (secondary N) is 1. The molecule has 0 aliphatic carbocycles. The second kappa shape index (κ2) is 5.42. The summed E-state index contributed by atoms with van der Waals surface area (Å²) in [5.41, 5.74) is 0.808. The zero-order valence-electron chi connectivity index (χ0n) is 8.94. The molecule has 0 amide bonds. The van der Waals surface area contributed by atoms with Gasteiger partial charge in [0.1, 0.15) is 0 Å². The number of anilines is 1. The fourth-order valence-electron chi connectivity index (χ4n) is 1.07. The maximum absolute atomic E-state index is 6.11. The summed E-state index contributed by atoms with van der Waals surface area (Å²) in [6.45, 7) is 6.41. The largest absolute Gasteiger partial charge is 0.380 e. The normalized spacial score (nSPS) is 13.0. The standard InChI is InChI=1S/C11H14BrCl2N/c1-6(2)7(3)15-11-9(13)4-8(12)5-10(11)14/h4-7,15H,1-3H3. The third kappa shape index (κ3) is 3.54. The van der Waals surface area contributed by atoms with Gasteiger partial charge in [-0.3, -0.25) is 0 Å². The molecule has 0 fully saturated rings. The fraction of sp³-hybridized carbons (Fsp3) is 0.455. The van der Waals surface area contributed by atoms with Gasteiger partial charge in [-0.05, 0) is 25.0 Å². The van der Waals surface area contributed by atoms with Gasteiger partial charge >= 0.3 is 0 Å². The quantitative estimate of drug-likeness (QED) is 0.808. The molecule has 1 aromatic carbocycles. The Balaban J connectivity index is 2.95. The van der Waals surface area contributed by atoms with Gasteiger partial charge in [-0.15, -0.1) is 0 Å². The van der Waals surface area contributed by atoms with E-state index in [2.05, 4.69) is 42.0 Å². The molecule has 1 atom stereocenters. The van der Waals surface area contributed by atoms with Crippen molar-refractivity contribution in [2.75, 3.05) is 5.32 Å². The number of benzene rings is 1. The Morgan fingerprint density at radius 1 is 1.13 bits per heavy atom. The Bertz CT molecular complexity index is 329. The van der Waals surface area contributed by atoms with Crippen molar-refractivity contribution >= 4 is 44.8 Å². The van der Waals surface area contributed by atoms with Crippen molar-refractivity contribution in [2.45, 2.75) is 26.8 Å². The Morgan fingerprint density at radius 2 is 1.60 bits per heavy atom. The van der Waals surface area contributed by atoms with Gasteiger partial charge in [0.15, 0.2) is 0 Å². The molecule has 4 heteroatoms. The van der Waals surface area contributed by atoms with Gasteiger partial charge in [-0.25, -0.2) is 0 Å². The van der Waals surface area contributed by atoms with Crippen molar-refractivity contribution in [3.05, 3.63) is 26.7 Å². The molecule has 1 unspecified atom stereocenters. The van der Waals surface area contributed by atoms with Gasteiger partial charge in [0.05, 0.1) is 15.7 Å². The topological polar surface area (TPSA) is 12.0 Å². The molecule has 0 heterocycles. The highest BCUT2D eigenvalue weighted by Gasteiger charge is 2.12. The van der Waals surface area contributed by atoms with Crippen LogP contribution in [-0.4, -0.2) is 6.04 Å². The number of halogens is 3. The van der Waals surface area contributed by atoms with Crippen LogP contribution in [0.4, 0.5) is 5.69 Å². The van der Waals surface area contributed by atoms with E-state index in [0.29, 0.717) is 22.0 Å². The van der Waals surface area contributed by atoms with Crippen molar-refractivity contribution in [2.24, 2.45) is 5.92 Å². The molecule has 1 aromatic rings. The summed E-state index contributed by atoms with van der Waals surface area (Å²) >= 11 is 15.6. The van der Waals surface area contributed by atoms with Crippen molar-refractivity contribution in [1.29, 1.82) is 0 Å². The van der Waals surface area contributed by atoms with Crippen molar-refractivity contribution in [1.82, 2.24) is 0 Å². The molecule has 1 N–H and O–H groups in total. The summed E-state index contributed by atoms with van der Waals surface area (Å²) in [4.78, 5) is 0. The van der Waals surface area contributed by atoms with Crippen LogP contribution >= 0.6 is 39.1 Å². The third-order valence-electron chi connectivity index (χ3n) is 2.38. The van der Waals surface area contributed by atoms with Crippen LogP contribution < -0.4 is 5.32 Å². The molecular weight excluding hydrogens is 297 g/mol. The summed E-state index contributed by atoms with van der Waals surface area (Å²) in [7, 11) is 0. The number of hydrogen-bond donors (Lipinski definition) is 1. The lowest BCUT2D eigenvalue weighted by molar-refractivity contribution is 0.560. The first-order chi connectivity index (χ1) is 6.91. The van der Waals surface area contributed by atoms with Crippen molar-refractivity contribution < 1.29 is 0 Å². The zero-order chi connectivity index (χ0) is 11.6. The van der Waals surface area contributed by atoms with Crippen LogP contribution in [0.25, 0.3) is 0 Å². The molecule has 0 saturated carbocycles. The summed E-state index contributed by atoms with van der Waals surface area (Å²) in [6.07, 6.45) is 0. The highest BCUT2D eigenvalue weighted by molar-refractivity contribution is 9.10. The molecule has 0 aliphatic rings. The third-order valence-corrected chi connectivity index (χ3v) is 3.43. The second-order valence-electron chi connectivity index (χ2n) is 3.92. The number of rotatable bonds is 3. The average molecular weight is 311 g/mol. The van der Waals surface area contributed by atoms with Crippen molar-refractivity contribution in [3.63, 3.8) is 0 Å².